The standard InChI is InChI=1S/C14H15ClN2S/c1-8-2-3-9(6-11(8)15)7-12-13(10-4-5-10)17-14(16)18-12/h2-3,6,10H,4-5,7H2,1H3,(H2,16,17). The van der Waals surface area contributed by atoms with Gasteiger partial charge in [0.1, 0.15) is 0 Å². The van der Waals surface area contributed by atoms with E-state index in [4.69, 9.17) is 17.3 Å². The van der Waals surface area contributed by atoms with Gasteiger partial charge in [-0.25, -0.2) is 4.98 Å². The Hall–Kier alpha value is -1.06. The van der Waals surface area contributed by atoms with E-state index in [2.05, 4.69) is 17.1 Å². The molecule has 2 aromatic rings. The molecule has 0 radical (unpaired) electrons. The minimum atomic E-state index is 0.648. The molecule has 3 rings (SSSR count). The van der Waals surface area contributed by atoms with Crippen LogP contribution in [0, 0.1) is 6.92 Å². The molecular weight excluding hydrogens is 264 g/mol. The second-order valence-electron chi connectivity index (χ2n) is 4.90. The highest BCUT2D eigenvalue weighted by atomic mass is 35.5. The molecule has 0 atom stereocenters. The van der Waals surface area contributed by atoms with Crippen LogP contribution >= 0.6 is 22.9 Å². The number of hydrogen-bond donors (Lipinski definition) is 1. The highest BCUT2D eigenvalue weighted by Gasteiger charge is 2.29. The smallest absolute Gasteiger partial charge is 0.180 e. The summed E-state index contributed by atoms with van der Waals surface area (Å²) in [5.41, 5.74) is 9.40. The van der Waals surface area contributed by atoms with E-state index >= 15 is 0 Å². The van der Waals surface area contributed by atoms with Gasteiger partial charge in [-0.3, -0.25) is 0 Å². The van der Waals surface area contributed by atoms with Crippen LogP contribution in [0.2, 0.25) is 5.02 Å². The van der Waals surface area contributed by atoms with E-state index in [9.17, 15) is 0 Å². The molecule has 0 spiro atoms. The molecule has 1 aromatic heterocycles. The first-order valence-electron chi connectivity index (χ1n) is 6.13. The van der Waals surface area contributed by atoms with Gasteiger partial charge in [-0.15, -0.1) is 11.3 Å². The summed E-state index contributed by atoms with van der Waals surface area (Å²) in [5.74, 6) is 0.648. The highest BCUT2D eigenvalue weighted by molar-refractivity contribution is 7.15. The lowest BCUT2D eigenvalue weighted by atomic mass is 10.1. The SMILES string of the molecule is Cc1ccc(Cc2sc(N)nc2C2CC2)cc1Cl. The number of nitrogens with zero attached hydrogens (tertiary/aromatic N) is 1. The maximum absolute atomic E-state index is 6.16. The highest BCUT2D eigenvalue weighted by Crippen LogP contribution is 2.43. The summed E-state index contributed by atoms with van der Waals surface area (Å²) in [6.45, 7) is 2.02. The quantitative estimate of drug-likeness (QED) is 0.916. The molecule has 4 heteroatoms. The second-order valence-corrected chi connectivity index (χ2v) is 6.42. The van der Waals surface area contributed by atoms with Crippen molar-refractivity contribution in [3.8, 4) is 0 Å². The normalized spacial score (nSPS) is 15.0. The van der Waals surface area contributed by atoms with E-state index in [-0.39, 0.29) is 0 Å². The molecule has 0 bridgehead atoms. The molecule has 0 saturated heterocycles. The maximum atomic E-state index is 6.16. The van der Waals surface area contributed by atoms with E-state index in [1.807, 2.05) is 13.0 Å². The summed E-state index contributed by atoms with van der Waals surface area (Å²) in [6, 6.07) is 6.25. The van der Waals surface area contributed by atoms with Crippen LogP contribution in [0.25, 0.3) is 0 Å². The van der Waals surface area contributed by atoms with E-state index in [0.29, 0.717) is 11.0 Å². The molecule has 0 aliphatic heterocycles. The van der Waals surface area contributed by atoms with Crippen molar-refractivity contribution in [2.75, 3.05) is 5.73 Å². The zero-order valence-electron chi connectivity index (χ0n) is 10.2. The van der Waals surface area contributed by atoms with Crippen LogP contribution in [0.1, 0.15) is 40.5 Å². The summed E-state index contributed by atoms with van der Waals surface area (Å²) in [4.78, 5) is 5.77. The molecule has 1 saturated carbocycles. The first-order valence-corrected chi connectivity index (χ1v) is 7.33. The second kappa shape index (κ2) is 4.56. The average Bonchev–Trinajstić information content (AvgIpc) is 3.09. The van der Waals surface area contributed by atoms with Crippen molar-refractivity contribution in [3.05, 3.63) is 44.9 Å². The van der Waals surface area contributed by atoms with Gasteiger partial charge in [-0.1, -0.05) is 23.7 Å². The van der Waals surface area contributed by atoms with Crippen molar-refractivity contribution >= 4 is 28.1 Å². The third-order valence-electron chi connectivity index (χ3n) is 3.31. The monoisotopic (exact) mass is 278 g/mol. The van der Waals surface area contributed by atoms with E-state index in [0.717, 1.165) is 17.0 Å². The van der Waals surface area contributed by atoms with Gasteiger partial charge in [0.15, 0.2) is 5.13 Å². The zero-order valence-corrected chi connectivity index (χ0v) is 11.8. The Morgan fingerprint density at radius 2 is 2.22 bits per heavy atom. The molecule has 0 amide bonds. The van der Waals surface area contributed by atoms with Crippen molar-refractivity contribution in [1.82, 2.24) is 4.98 Å². The number of halogens is 1. The van der Waals surface area contributed by atoms with Crippen molar-refractivity contribution in [1.29, 1.82) is 0 Å². The molecule has 1 aromatic carbocycles. The summed E-state index contributed by atoms with van der Waals surface area (Å²) in [5, 5.41) is 1.52. The summed E-state index contributed by atoms with van der Waals surface area (Å²) in [6.07, 6.45) is 3.40. The number of anilines is 1. The fourth-order valence-corrected chi connectivity index (χ4v) is 3.27. The topological polar surface area (TPSA) is 38.9 Å². The lowest BCUT2D eigenvalue weighted by molar-refractivity contribution is 1.01. The van der Waals surface area contributed by atoms with E-state index in [1.54, 1.807) is 11.3 Å². The van der Waals surface area contributed by atoms with Gasteiger partial charge < -0.3 is 5.73 Å². The van der Waals surface area contributed by atoms with E-state index < -0.39 is 0 Å². The van der Waals surface area contributed by atoms with Crippen molar-refractivity contribution in [3.63, 3.8) is 0 Å². The summed E-state index contributed by atoms with van der Waals surface area (Å²) >= 11 is 7.77. The Balaban J connectivity index is 1.89. The van der Waals surface area contributed by atoms with Gasteiger partial charge in [0, 0.05) is 22.2 Å². The van der Waals surface area contributed by atoms with Gasteiger partial charge >= 0.3 is 0 Å². The zero-order chi connectivity index (χ0) is 12.7. The minimum Gasteiger partial charge on any atom is -0.375 e. The Labute approximate surface area is 116 Å². The van der Waals surface area contributed by atoms with Gasteiger partial charge in [-0.2, -0.15) is 0 Å². The van der Waals surface area contributed by atoms with Gasteiger partial charge in [0.25, 0.3) is 0 Å². The fraction of sp³-hybridized carbons (Fsp3) is 0.357. The van der Waals surface area contributed by atoms with Crippen molar-refractivity contribution in [2.45, 2.75) is 32.1 Å². The first-order chi connectivity index (χ1) is 8.63. The Morgan fingerprint density at radius 1 is 1.44 bits per heavy atom. The lowest BCUT2D eigenvalue weighted by Crippen LogP contribution is -1.91. The third-order valence-corrected chi connectivity index (χ3v) is 4.62. The minimum absolute atomic E-state index is 0.648. The Morgan fingerprint density at radius 3 is 2.89 bits per heavy atom. The number of nitrogen functional groups attached to an aromatic ring is 1. The number of hydrogen-bond acceptors (Lipinski definition) is 3. The van der Waals surface area contributed by atoms with Crippen LogP contribution < -0.4 is 5.73 Å². The predicted molar refractivity (Wildman–Crippen MR) is 77.5 cm³/mol. The Kier molecular flexibility index (Phi) is 3.04. The number of nitrogens with two attached hydrogens (primary N) is 1. The molecule has 0 unspecified atom stereocenters. The molecule has 2 nitrogen and oxygen atoms in total. The van der Waals surface area contributed by atoms with Gasteiger partial charge in [-0.05, 0) is 37.0 Å². The number of rotatable bonds is 3. The molecule has 18 heavy (non-hydrogen) atoms. The number of thiazole rings is 1. The third kappa shape index (κ3) is 2.38. The van der Waals surface area contributed by atoms with Crippen LogP contribution in [0.5, 0.6) is 0 Å². The van der Waals surface area contributed by atoms with Crippen LogP contribution in [-0.4, -0.2) is 4.98 Å². The fourth-order valence-electron chi connectivity index (χ4n) is 2.12. The molecule has 1 heterocycles. The number of aryl methyl sites for hydroxylation is 1. The number of benzene rings is 1. The Bertz CT molecular complexity index is 587. The summed E-state index contributed by atoms with van der Waals surface area (Å²) < 4.78 is 0. The molecular formula is C14H15ClN2S. The summed E-state index contributed by atoms with van der Waals surface area (Å²) in [7, 11) is 0. The molecule has 1 aliphatic rings. The van der Waals surface area contributed by atoms with Crippen molar-refractivity contribution in [2.24, 2.45) is 0 Å². The van der Waals surface area contributed by atoms with Crippen LogP contribution in [0.3, 0.4) is 0 Å². The van der Waals surface area contributed by atoms with Gasteiger partial charge in [0.2, 0.25) is 0 Å². The largest absolute Gasteiger partial charge is 0.375 e. The first kappa shape index (κ1) is 12.0. The van der Waals surface area contributed by atoms with Crippen LogP contribution in [0.15, 0.2) is 18.2 Å². The molecule has 2 N–H and O–H groups in total. The van der Waals surface area contributed by atoms with Gasteiger partial charge in [0.05, 0.1) is 5.69 Å². The molecule has 1 fully saturated rings. The van der Waals surface area contributed by atoms with Crippen LogP contribution in [-0.2, 0) is 6.42 Å². The number of aromatic nitrogens is 1. The van der Waals surface area contributed by atoms with Crippen molar-refractivity contribution < 1.29 is 0 Å². The molecule has 1 aliphatic carbocycles. The maximum Gasteiger partial charge on any atom is 0.180 e. The van der Waals surface area contributed by atoms with E-state index in [1.165, 1.54) is 29.0 Å². The average molecular weight is 279 g/mol. The predicted octanol–water partition coefficient (Wildman–Crippen LogP) is 4.16. The molecule has 94 valence electrons. The lowest BCUT2D eigenvalue weighted by Gasteiger charge is -2.04. The van der Waals surface area contributed by atoms with Crippen LogP contribution in [0.4, 0.5) is 5.13 Å².